The van der Waals surface area contributed by atoms with E-state index in [1.807, 2.05) is 72.8 Å². The monoisotopic (exact) mass is 1080 g/mol. The van der Waals surface area contributed by atoms with Crippen molar-refractivity contribution in [3.8, 4) is 0 Å². The molecule has 0 heterocycles. The van der Waals surface area contributed by atoms with Gasteiger partial charge in [-0.05, 0) is 0 Å². The maximum atomic E-state index is 4.58. The van der Waals surface area contributed by atoms with E-state index in [0.717, 1.165) is 0 Å². The van der Waals surface area contributed by atoms with Crippen LogP contribution in [-0.4, -0.2) is 0 Å². The quantitative estimate of drug-likeness (QED) is 0.0845. The second kappa shape index (κ2) is 28.4. The minimum atomic E-state index is -0.371. The summed E-state index contributed by atoms with van der Waals surface area (Å²) in [5.41, 5.74) is 13.0. The SMILES string of the molecule is [CH2-]C(c1ccccc1)(c1ccccc1)c1ccccc1.[CH2-]C(c1ccccc1)(c1ccccc1)c1ccccc1.[CH2-]C(c1ccccc1)(c1ccccc1)c1ccccc1.[CH2-]C(c1ccccc1)(c1ccccc1)c1ccccc1.[Cr+4]. The van der Waals surface area contributed by atoms with Crippen LogP contribution in [0, 0.1) is 27.7 Å². The summed E-state index contributed by atoms with van der Waals surface area (Å²) in [5, 5.41) is 0. The summed E-state index contributed by atoms with van der Waals surface area (Å²) in [5.74, 6) is 0. The van der Waals surface area contributed by atoms with Crippen LogP contribution in [0.3, 0.4) is 0 Å². The normalized spacial score (nSPS) is 11.1. The fraction of sp³-hybridized carbons (Fsp3) is 0.0500. The van der Waals surface area contributed by atoms with Crippen molar-refractivity contribution in [1.82, 2.24) is 0 Å². The second-order valence-electron chi connectivity index (χ2n) is 20.0. The summed E-state index contributed by atoms with van der Waals surface area (Å²) in [6.07, 6.45) is 0. The molecule has 0 saturated heterocycles. The van der Waals surface area contributed by atoms with E-state index < -0.39 is 0 Å². The first kappa shape index (κ1) is 58.3. The Morgan fingerprint density at radius 3 is 0.247 bits per heavy atom. The van der Waals surface area contributed by atoms with E-state index in [1.54, 1.807) is 0 Å². The molecule has 394 valence electrons. The van der Waals surface area contributed by atoms with E-state index in [-0.39, 0.29) is 39.0 Å². The van der Waals surface area contributed by atoms with Gasteiger partial charge in [0.05, 0.1) is 0 Å². The molecule has 0 amide bonds. The molecule has 0 radical (unpaired) electrons. The predicted molar refractivity (Wildman–Crippen MR) is 338 cm³/mol. The van der Waals surface area contributed by atoms with Crippen molar-refractivity contribution in [1.29, 1.82) is 0 Å². The minimum absolute atomic E-state index is 0. The van der Waals surface area contributed by atoms with Gasteiger partial charge in [-0.2, -0.15) is 0 Å². The molecule has 1 heteroatoms. The fourth-order valence-corrected chi connectivity index (χ4v) is 10.7. The van der Waals surface area contributed by atoms with E-state index in [9.17, 15) is 0 Å². The molecule has 0 aliphatic heterocycles. The van der Waals surface area contributed by atoms with Crippen molar-refractivity contribution in [2.45, 2.75) is 21.7 Å². The molecule has 0 aliphatic carbocycles. The van der Waals surface area contributed by atoms with Crippen molar-refractivity contribution < 1.29 is 17.4 Å². The van der Waals surface area contributed by atoms with Gasteiger partial charge in [-0.15, -0.1) is 0 Å². The maximum Gasteiger partial charge on any atom is 4.00 e. The van der Waals surface area contributed by atoms with Crippen LogP contribution in [0.25, 0.3) is 0 Å². The van der Waals surface area contributed by atoms with Crippen molar-refractivity contribution in [2.24, 2.45) is 0 Å². The molecule has 0 saturated carbocycles. The first-order chi connectivity index (χ1) is 39.3. The second-order valence-corrected chi connectivity index (χ2v) is 20.0. The third-order valence-electron chi connectivity index (χ3n) is 15.2. The Hall–Kier alpha value is -8.83. The van der Waals surface area contributed by atoms with Crippen LogP contribution in [-0.2, 0) is 39.0 Å². The first-order valence-electron chi connectivity index (χ1n) is 27.3. The molecule has 0 atom stereocenters. The number of hydrogen-bond acceptors (Lipinski definition) is 0. The van der Waals surface area contributed by atoms with Gasteiger partial charge in [0.2, 0.25) is 0 Å². The topological polar surface area (TPSA) is 0 Å². The number of rotatable bonds is 12. The Morgan fingerprint density at radius 1 is 0.123 bits per heavy atom. The molecule has 0 bridgehead atoms. The van der Waals surface area contributed by atoms with Gasteiger partial charge in [0.15, 0.2) is 0 Å². The molecule has 0 fully saturated rings. The summed E-state index contributed by atoms with van der Waals surface area (Å²) in [4.78, 5) is 0. The Kier molecular flexibility index (Phi) is 20.4. The van der Waals surface area contributed by atoms with Gasteiger partial charge in [-0.25, -0.2) is 0 Å². The predicted octanol–water partition coefficient (Wildman–Crippen LogP) is 19.4. The van der Waals surface area contributed by atoms with E-state index in [4.69, 9.17) is 0 Å². The fourth-order valence-electron chi connectivity index (χ4n) is 10.7. The maximum absolute atomic E-state index is 4.58. The molecule has 12 rings (SSSR count). The Labute approximate surface area is 494 Å². The molecular formula is C80H68Cr. The summed E-state index contributed by atoms with van der Waals surface area (Å²) < 4.78 is 0. The van der Waals surface area contributed by atoms with Crippen LogP contribution in [0.2, 0.25) is 0 Å². The van der Waals surface area contributed by atoms with Gasteiger partial charge in [0.1, 0.15) is 0 Å². The Morgan fingerprint density at radius 2 is 0.185 bits per heavy atom. The zero-order valence-electron chi connectivity index (χ0n) is 45.9. The molecule has 0 N–H and O–H groups in total. The zero-order valence-corrected chi connectivity index (χ0v) is 47.2. The van der Waals surface area contributed by atoms with Crippen molar-refractivity contribution >= 4 is 0 Å². The zero-order chi connectivity index (χ0) is 55.4. The molecule has 12 aromatic rings. The van der Waals surface area contributed by atoms with Crippen LogP contribution in [0.4, 0.5) is 0 Å². The molecule has 0 spiro atoms. The molecule has 12 aromatic carbocycles. The summed E-state index contributed by atoms with van der Waals surface area (Å²) >= 11 is 0. The Bertz CT molecular complexity index is 2740. The van der Waals surface area contributed by atoms with Crippen LogP contribution in [0.1, 0.15) is 66.8 Å². The summed E-state index contributed by atoms with van der Waals surface area (Å²) in [6.45, 7) is 18.3. The molecule has 0 nitrogen and oxygen atoms in total. The van der Waals surface area contributed by atoms with Crippen LogP contribution in [0.15, 0.2) is 364 Å². The van der Waals surface area contributed by atoms with Gasteiger partial charge in [0.25, 0.3) is 0 Å². The van der Waals surface area contributed by atoms with Gasteiger partial charge in [0, 0.05) is 0 Å². The Balaban J connectivity index is 0.000000141. The molecule has 0 aromatic heterocycles. The first-order valence-corrected chi connectivity index (χ1v) is 27.3. The minimum Gasteiger partial charge on any atom is -0.324 e. The smallest absolute Gasteiger partial charge is 0.324 e. The van der Waals surface area contributed by atoms with Crippen LogP contribution in [0.5, 0.6) is 0 Å². The average Bonchev–Trinajstić information content (AvgIpc) is 3.63. The van der Waals surface area contributed by atoms with Gasteiger partial charge < -0.3 is 27.7 Å². The van der Waals surface area contributed by atoms with Gasteiger partial charge >= 0.3 is 17.4 Å². The van der Waals surface area contributed by atoms with Gasteiger partial charge in [-0.3, -0.25) is 0 Å². The molecule has 0 unspecified atom stereocenters. The largest absolute Gasteiger partial charge is 4.00 e. The third-order valence-corrected chi connectivity index (χ3v) is 15.2. The number of benzene rings is 12. The van der Waals surface area contributed by atoms with Crippen LogP contribution >= 0.6 is 0 Å². The average molecular weight is 1080 g/mol. The van der Waals surface area contributed by atoms with Crippen molar-refractivity contribution in [3.05, 3.63) is 458 Å². The molecule has 0 aliphatic rings. The van der Waals surface area contributed by atoms with Crippen molar-refractivity contribution in [2.75, 3.05) is 0 Å². The van der Waals surface area contributed by atoms with E-state index in [0.29, 0.717) is 0 Å². The van der Waals surface area contributed by atoms with E-state index in [2.05, 4.69) is 319 Å². The standard InChI is InChI=1S/4C20H17.Cr/c4*1-20(17-11-5-2-6-12-17,18-13-7-3-8-14-18)19-15-9-4-10-16-19;/h4*2-16H,1H2;/q4*-1;+4. The van der Waals surface area contributed by atoms with E-state index in [1.165, 1.54) is 66.8 Å². The summed E-state index contributed by atoms with van der Waals surface area (Å²) in [7, 11) is 0. The van der Waals surface area contributed by atoms with Gasteiger partial charge in [-0.1, -0.05) is 452 Å². The van der Waals surface area contributed by atoms with Crippen LogP contribution < -0.4 is 0 Å². The third kappa shape index (κ3) is 13.4. The van der Waals surface area contributed by atoms with Crippen molar-refractivity contribution in [3.63, 3.8) is 0 Å². The molecular weight excluding hydrogens is 1010 g/mol. The molecule has 81 heavy (non-hydrogen) atoms. The number of hydrogen-bond donors (Lipinski definition) is 0. The summed E-state index contributed by atoms with van der Waals surface area (Å²) in [6, 6.07) is 126. The van der Waals surface area contributed by atoms with E-state index >= 15 is 0 Å².